The lowest BCUT2D eigenvalue weighted by atomic mass is 9.79. The summed E-state index contributed by atoms with van der Waals surface area (Å²) >= 11 is 2.43. The minimum Gasteiger partial charge on any atom is -0.496 e. The number of piperidine rings is 2. The number of hydrogen-bond acceptors (Lipinski definition) is 20. The van der Waals surface area contributed by atoms with Gasteiger partial charge in [-0.05, 0) is 95.5 Å². The number of carboxylic acid groups (broad SMARTS) is 2. The zero-order valence-electron chi connectivity index (χ0n) is 48.9. The Hall–Kier alpha value is -8.46. The quantitative estimate of drug-likeness (QED) is 0.0719. The van der Waals surface area contributed by atoms with E-state index in [0.29, 0.717) is 105 Å². The molecule has 8 aromatic rings. The Morgan fingerprint density at radius 2 is 1.12 bits per heavy atom. The summed E-state index contributed by atoms with van der Waals surface area (Å²) < 4.78 is 50.6. The van der Waals surface area contributed by atoms with Crippen LogP contribution in [0.1, 0.15) is 97.9 Å². The van der Waals surface area contributed by atoms with Gasteiger partial charge < -0.3 is 57.3 Å². The maximum Gasteiger partial charge on any atom is 0.409 e. The number of nitrogens with zero attached hydrogens (tertiary/aromatic N) is 8. The molecule has 2 fully saturated rings. The fourth-order valence-electron chi connectivity index (χ4n) is 11.3. The van der Waals surface area contributed by atoms with Gasteiger partial charge in [0.15, 0.2) is 0 Å². The van der Waals surface area contributed by atoms with Crippen LogP contribution in [0.2, 0.25) is 0 Å². The van der Waals surface area contributed by atoms with Gasteiger partial charge in [-0.25, -0.2) is 19.6 Å². The summed E-state index contributed by atoms with van der Waals surface area (Å²) in [5.74, 6) is -1.27. The van der Waals surface area contributed by atoms with Crippen LogP contribution < -0.4 is 20.3 Å². The minimum absolute atomic E-state index is 0.00816. The summed E-state index contributed by atoms with van der Waals surface area (Å²) in [6, 6.07) is 12.5. The molecule has 0 bridgehead atoms. The Labute approximate surface area is 500 Å². The molecule has 0 spiro atoms. The van der Waals surface area contributed by atoms with E-state index in [-0.39, 0.29) is 65.3 Å². The third-order valence-corrected chi connectivity index (χ3v) is 18.8. The lowest BCUT2D eigenvalue weighted by Gasteiger charge is -2.34. The number of para-hydroxylation sites is 1. The maximum atomic E-state index is 15.3. The second kappa shape index (κ2) is 24.9. The van der Waals surface area contributed by atoms with Crippen molar-refractivity contribution >= 4 is 67.2 Å². The average Bonchev–Trinajstić information content (AvgIpc) is 1.65. The number of hydrogen-bond donors (Lipinski definition) is 2. The maximum absolute atomic E-state index is 15.3. The predicted octanol–water partition coefficient (Wildman–Crippen LogP) is 9.10. The number of likely N-dealkylation sites (tertiary alicyclic amines) is 2. The molecule has 26 heteroatoms. The molecule has 0 aliphatic carbocycles. The number of amides is 2. The van der Waals surface area contributed by atoms with Crippen LogP contribution in [-0.2, 0) is 58.9 Å². The molecule has 86 heavy (non-hydrogen) atoms. The predicted molar refractivity (Wildman–Crippen MR) is 315 cm³/mol. The van der Waals surface area contributed by atoms with Gasteiger partial charge in [-0.3, -0.25) is 28.5 Å². The molecule has 2 aliphatic rings. The third-order valence-electron chi connectivity index (χ3n) is 16.3. The highest BCUT2D eigenvalue weighted by Crippen LogP contribution is 2.42. The number of carbonyl (C=O) groups is 4. The van der Waals surface area contributed by atoms with Gasteiger partial charge in [-0.2, -0.15) is 10.2 Å². The number of oxazole rings is 2. The van der Waals surface area contributed by atoms with Crippen molar-refractivity contribution < 1.29 is 66.6 Å². The molecule has 3 atom stereocenters. The normalized spacial score (nSPS) is 15.8. The lowest BCUT2D eigenvalue weighted by Crippen LogP contribution is -2.42. The summed E-state index contributed by atoms with van der Waals surface area (Å²) in [5.41, 5.74) is -2.72. The Kier molecular flexibility index (Phi) is 17.5. The van der Waals surface area contributed by atoms with E-state index in [1.54, 1.807) is 58.3 Å². The molecule has 2 saturated heterocycles. The van der Waals surface area contributed by atoms with E-state index in [9.17, 15) is 34.2 Å². The molecule has 10 rings (SSSR count). The second-order valence-electron chi connectivity index (χ2n) is 22.0. The van der Waals surface area contributed by atoms with Crippen LogP contribution in [0.4, 0.5) is 9.59 Å². The average molecular weight is 1220 g/mol. The third kappa shape index (κ3) is 11.6. The fourth-order valence-corrected chi connectivity index (χ4v) is 13.7. The van der Waals surface area contributed by atoms with Gasteiger partial charge in [0.05, 0.1) is 86.7 Å². The number of fused-ring (bicyclic) bond motifs is 2. The number of aliphatic carboxylic acids is 2. The zero-order valence-corrected chi connectivity index (χ0v) is 50.6. The molecule has 0 saturated carbocycles. The van der Waals surface area contributed by atoms with E-state index in [0.717, 1.165) is 0 Å². The minimum atomic E-state index is -2.00. The van der Waals surface area contributed by atoms with E-state index in [2.05, 4.69) is 9.97 Å². The highest BCUT2D eigenvalue weighted by molar-refractivity contribution is 7.22. The molecule has 24 nitrogen and oxygen atoms in total. The molecule has 6 aromatic heterocycles. The first-order valence-electron chi connectivity index (χ1n) is 27.8. The SMILES string of the molecule is COC(=O)N1CCC(O[C@@H](Cn2nc(C(C)(Cc3ccc([C@@H](Cn4nc(C(C)(C)C(=O)O)c(=O)c5c(C)c(-c6ncco6)sc54)OC4CCN(C(=O)OC)CC4)c(OC)c3)C(=O)O)c(=O)c3c(C)c(-c4ncco4)sc32)c2ccccc2OC)CC1. The number of ether oxygens (including phenoxy) is 6. The molecule has 454 valence electrons. The van der Waals surface area contributed by atoms with E-state index in [1.807, 2.05) is 24.3 Å². The molecule has 2 N–H and O–H groups in total. The van der Waals surface area contributed by atoms with Crippen LogP contribution in [0.15, 0.2) is 85.8 Å². The highest BCUT2D eigenvalue weighted by Gasteiger charge is 2.43. The monoisotopic (exact) mass is 1220 g/mol. The number of benzene rings is 2. The number of aryl methyl sites for hydroxylation is 2. The van der Waals surface area contributed by atoms with Gasteiger partial charge in [0.25, 0.3) is 0 Å². The Bertz CT molecular complexity index is 3950. The van der Waals surface area contributed by atoms with Crippen LogP contribution >= 0.6 is 22.7 Å². The van der Waals surface area contributed by atoms with E-state index >= 15 is 4.79 Å². The van der Waals surface area contributed by atoms with Crippen LogP contribution in [0.25, 0.3) is 42.0 Å². The summed E-state index contributed by atoms with van der Waals surface area (Å²) in [7, 11) is 5.67. The zero-order chi connectivity index (χ0) is 61.4. The summed E-state index contributed by atoms with van der Waals surface area (Å²) in [6.45, 7) is 9.13. The summed E-state index contributed by atoms with van der Waals surface area (Å²) in [4.78, 5) is 95.7. The first-order valence-corrected chi connectivity index (χ1v) is 29.5. The van der Waals surface area contributed by atoms with Crippen molar-refractivity contribution in [3.05, 3.63) is 127 Å². The Morgan fingerprint density at radius 1 is 0.651 bits per heavy atom. The number of rotatable bonds is 20. The number of thiophene rings is 2. The Morgan fingerprint density at radius 3 is 1.56 bits per heavy atom. The number of methoxy groups -OCH3 is 4. The van der Waals surface area contributed by atoms with Crippen molar-refractivity contribution in [1.82, 2.24) is 39.3 Å². The van der Waals surface area contributed by atoms with Crippen LogP contribution in [0.5, 0.6) is 11.5 Å². The van der Waals surface area contributed by atoms with Crippen molar-refractivity contribution in [2.75, 3.05) is 54.6 Å². The highest BCUT2D eigenvalue weighted by atomic mass is 32.1. The molecule has 1 unspecified atom stereocenters. The molecule has 2 aromatic carbocycles. The smallest absolute Gasteiger partial charge is 0.409 e. The molecular formula is C60H66N8O16S2. The second-order valence-corrected chi connectivity index (χ2v) is 24.0. The molecular weight excluding hydrogens is 1150 g/mol. The topological polar surface area (TPSA) is 292 Å². The Balaban J connectivity index is 1.07. The molecule has 0 radical (unpaired) electrons. The number of aromatic nitrogens is 6. The first-order chi connectivity index (χ1) is 41.2. The largest absolute Gasteiger partial charge is 0.496 e. The van der Waals surface area contributed by atoms with Gasteiger partial charge in [-0.1, -0.05) is 30.3 Å². The van der Waals surface area contributed by atoms with Gasteiger partial charge in [0, 0.05) is 37.3 Å². The van der Waals surface area contributed by atoms with Gasteiger partial charge in [-0.15, -0.1) is 22.7 Å². The number of carbonyl (C=O) groups excluding carboxylic acids is 2. The standard InChI is InChI=1S/C60H66N8O16S2/c1-32-43-45(69)49(59(3,4)55(71)72)63-67(53(43)85-47(32)51-61-20-26-81-51)31-42(84-36-18-24-66(25-19-36)58(76)80-9)38-15-14-34(28-40(38)78-7)29-60(5,56(73)74)50-46(70)44-33(2)48(52-62-21-27-82-52)86-54(44)68(64-50)30-41(37-12-10-11-13-39(37)77-6)83-35-16-22-65(23-17-35)57(75)79-8/h10-15,20-21,26-28,35-36,41-42H,16-19,22-25,29-31H2,1-9H3,(H,71,72)(H,73,74)/t41-,42+,60?/m0/s1. The van der Waals surface area contributed by atoms with Gasteiger partial charge in [0.1, 0.15) is 68.1 Å². The number of carboxylic acids is 2. The fraction of sp³-hybridized carbons (Fsp3) is 0.433. The van der Waals surface area contributed by atoms with Gasteiger partial charge >= 0.3 is 24.1 Å². The van der Waals surface area contributed by atoms with Crippen molar-refractivity contribution in [2.45, 2.75) is 115 Å². The van der Waals surface area contributed by atoms with Crippen LogP contribution in [0, 0.1) is 13.8 Å². The van der Waals surface area contributed by atoms with E-state index in [4.69, 9.17) is 47.5 Å². The summed E-state index contributed by atoms with van der Waals surface area (Å²) in [6.07, 6.45) is 4.02. The van der Waals surface area contributed by atoms with Crippen LogP contribution in [-0.4, -0.2) is 140 Å². The van der Waals surface area contributed by atoms with Crippen LogP contribution in [0.3, 0.4) is 0 Å². The first kappa shape index (κ1) is 60.7. The molecule has 2 amide bonds. The van der Waals surface area contributed by atoms with E-state index in [1.165, 1.54) is 89.7 Å². The van der Waals surface area contributed by atoms with Crippen molar-refractivity contribution in [3.8, 4) is 33.0 Å². The van der Waals surface area contributed by atoms with Crippen molar-refractivity contribution in [1.29, 1.82) is 0 Å². The van der Waals surface area contributed by atoms with Gasteiger partial charge in [0.2, 0.25) is 22.6 Å². The van der Waals surface area contributed by atoms with Crippen molar-refractivity contribution in [3.63, 3.8) is 0 Å². The lowest BCUT2D eigenvalue weighted by molar-refractivity contribution is -0.144. The molecule has 8 heterocycles. The summed E-state index contributed by atoms with van der Waals surface area (Å²) in [5, 5.41) is 32.3. The van der Waals surface area contributed by atoms with E-state index < -0.39 is 64.1 Å². The molecule has 2 aliphatic heterocycles. The van der Waals surface area contributed by atoms with Crippen molar-refractivity contribution in [2.24, 2.45) is 0 Å².